The van der Waals surface area contributed by atoms with Crippen molar-refractivity contribution < 1.29 is 4.39 Å². The van der Waals surface area contributed by atoms with E-state index in [0.29, 0.717) is 11.3 Å². The van der Waals surface area contributed by atoms with Gasteiger partial charge in [0.05, 0.1) is 10.5 Å². The van der Waals surface area contributed by atoms with Gasteiger partial charge < -0.3 is 4.98 Å². The number of aromatic nitrogens is 4. The number of hydrogen-bond donors (Lipinski definition) is 1. The van der Waals surface area contributed by atoms with Gasteiger partial charge in [-0.05, 0) is 49.4 Å². The van der Waals surface area contributed by atoms with Gasteiger partial charge in [0.25, 0.3) is 0 Å². The Bertz CT molecular complexity index is 863. The molecule has 3 heterocycles. The lowest BCUT2D eigenvalue weighted by Gasteiger charge is -2.10. The van der Waals surface area contributed by atoms with E-state index in [1.54, 1.807) is 29.0 Å². The quantitative estimate of drug-likeness (QED) is 0.746. The second-order valence-corrected chi connectivity index (χ2v) is 7.08. The minimum absolute atomic E-state index is 0.231. The summed E-state index contributed by atoms with van der Waals surface area (Å²) in [4.78, 5) is 7.56. The van der Waals surface area contributed by atoms with Gasteiger partial charge >= 0.3 is 0 Å². The van der Waals surface area contributed by atoms with Crippen molar-refractivity contribution in [3.63, 3.8) is 0 Å². The molecule has 3 aromatic rings. The Morgan fingerprint density at radius 1 is 1.26 bits per heavy atom. The summed E-state index contributed by atoms with van der Waals surface area (Å²) >= 11 is 1.67. The first-order chi connectivity index (χ1) is 11.1. The number of aryl methyl sites for hydroxylation is 2. The van der Waals surface area contributed by atoms with Crippen LogP contribution in [0.4, 0.5) is 4.39 Å². The lowest BCUT2D eigenvalue weighted by atomic mass is 10.0. The third-order valence-electron chi connectivity index (χ3n) is 4.15. The maximum Gasteiger partial charge on any atom is 0.182 e. The van der Waals surface area contributed by atoms with Crippen LogP contribution in [0, 0.1) is 12.7 Å². The van der Waals surface area contributed by atoms with E-state index in [1.165, 1.54) is 12.8 Å². The molecule has 7 heteroatoms. The van der Waals surface area contributed by atoms with Crippen LogP contribution in [-0.2, 0) is 7.05 Å². The first-order valence-electron chi connectivity index (χ1n) is 7.72. The average molecular weight is 331 g/mol. The SMILES string of the molecule is Cc1cc(F)c2[nH]c(SN3CCCC3)cc2c1-c1ncn(C)n1. The fourth-order valence-corrected chi connectivity index (χ4v) is 4.12. The molecule has 5 nitrogen and oxygen atoms in total. The summed E-state index contributed by atoms with van der Waals surface area (Å²) < 4.78 is 18.4. The van der Waals surface area contributed by atoms with Gasteiger partial charge in [-0.3, -0.25) is 4.68 Å². The van der Waals surface area contributed by atoms with Crippen molar-refractivity contribution in [3.05, 3.63) is 29.8 Å². The van der Waals surface area contributed by atoms with E-state index in [1.807, 2.05) is 20.0 Å². The van der Waals surface area contributed by atoms with Gasteiger partial charge in [0.1, 0.15) is 12.1 Å². The Hall–Kier alpha value is -1.86. The van der Waals surface area contributed by atoms with Crippen LogP contribution in [0.1, 0.15) is 18.4 Å². The molecule has 0 bridgehead atoms. The summed E-state index contributed by atoms with van der Waals surface area (Å²) in [6.07, 6.45) is 4.12. The molecule has 1 aromatic carbocycles. The number of rotatable bonds is 3. The molecule has 0 amide bonds. The number of fused-ring (bicyclic) bond motifs is 1. The smallest absolute Gasteiger partial charge is 0.182 e. The number of aromatic amines is 1. The molecule has 120 valence electrons. The minimum Gasteiger partial charge on any atom is -0.346 e. The average Bonchev–Trinajstić information content (AvgIpc) is 3.21. The molecule has 0 saturated carbocycles. The summed E-state index contributed by atoms with van der Waals surface area (Å²) in [5.74, 6) is 0.400. The van der Waals surface area contributed by atoms with Crippen LogP contribution in [-0.4, -0.2) is 37.1 Å². The van der Waals surface area contributed by atoms with Gasteiger partial charge in [-0.25, -0.2) is 13.7 Å². The Labute approximate surface area is 138 Å². The van der Waals surface area contributed by atoms with Crippen molar-refractivity contribution in [2.75, 3.05) is 13.1 Å². The van der Waals surface area contributed by atoms with Gasteiger partial charge in [-0.1, -0.05) is 0 Å². The van der Waals surface area contributed by atoms with Crippen LogP contribution in [0.15, 0.2) is 23.5 Å². The van der Waals surface area contributed by atoms with Crippen molar-refractivity contribution in [2.45, 2.75) is 24.8 Å². The third-order valence-corrected chi connectivity index (χ3v) is 5.19. The normalized spacial score (nSPS) is 15.8. The standard InChI is InChI=1S/C16H18FN5S/c1-10-7-12(17)15-11(14(10)16-18-9-21(2)20-16)8-13(19-15)23-22-5-3-4-6-22/h7-9,19H,3-6H2,1-2H3. The van der Waals surface area contributed by atoms with Crippen LogP contribution < -0.4 is 0 Å². The largest absolute Gasteiger partial charge is 0.346 e. The Morgan fingerprint density at radius 3 is 2.74 bits per heavy atom. The van der Waals surface area contributed by atoms with E-state index < -0.39 is 0 Å². The second kappa shape index (κ2) is 5.65. The number of nitrogens with zero attached hydrogens (tertiary/aromatic N) is 4. The lowest BCUT2D eigenvalue weighted by Crippen LogP contribution is -2.08. The topological polar surface area (TPSA) is 49.7 Å². The first kappa shape index (κ1) is 14.7. The highest BCUT2D eigenvalue weighted by atomic mass is 32.2. The van der Waals surface area contributed by atoms with E-state index in [9.17, 15) is 4.39 Å². The third kappa shape index (κ3) is 2.64. The summed E-state index contributed by atoms with van der Waals surface area (Å²) in [5.41, 5.74) is 2.27. The Morgan fingerprint density at radius 2 is 2.04 bits per heavy atom. The maximum absolute atomic E-state index is 14.4. The van der Waals surface area contributed by atoms with Crippen LogP contribution in [0.5, 0.6) is 0 Å². The van der Waals surface area contributed by atoms with Gasteiger partial charge in [0.15, 0.2) is 5.82 Å². The van der Waals surface area contributed by atoms with Gasteiger partial charge in [-0.15, -0.1) is 0 Å². The monoisotopic (exact) mass is 331 g/mol. The lowest BCUT2D eigenvalue weighted by molar-refractivity contribution is 0.585. The van der Waals surface area contributed by atoms with Crippen molar-refractivity contribution in [1.29, 1.82) is 0 Å². The number of hydrogen-bond acceptors (Lipinski definition) is 4. The molecular formula is C16H18FN5S. The Kier molecular flexibility index (Phi) is 3.61. The molecule has 2 aromatic heterocycles. The molecule has 0 atom stereocenters. The molecule has 0 aliphatic carbocycles. The van der Waals surface area contributed by atoms with Crippen LogP contribution in [0.25, 0.3) is 22.3 Å². The molecular weight excluding hydrogens is 313 g/mol. The van der Waals surface area contributed by atoms with Crippen molar-refractivity contribution in [3.8, 4) is 11.4 Å². The maximum atomic E-state index is 14.4. The summed E-state index contributed by atoms with van der Waals surface area (Å²) in [7, 11) is 1.83. The van der Waals surface area contributed by atoms with E-state index in [2.05, 4.69) is 19.4 Å². The van der Waals surface area contributed by atoms with E-state index >= 15 is 0 Å². The summed E-state index contributed by atoms with van der Waals surface area (Å²) in [6, 6.07) is 3.56. The zero-order chi connectivity index (χ0) is 16.0. The second-order valence-electron chi connectivity index (χ2n) is 5.94. The number of benzene rings is 1. The zero-order valence-corrected chi connectivity index (χ0v) is 14.0. The predicted octanol–water partition coefficient (Wildman–Crippen LogP) is 3.51. The fourth-order valence-electron chi connectivity index (χ4n) is 3.08. The molecule has 23 heavy (non-hydrogen) atoms. The van der Waals surface area contributed by atoms with E-state index in [4.69, 9.17) is 0 Å². The number of halogens is 1. The van der Waals surface area contributed by atoms with Crippen LogP contribution in [0.2, 0.25) is 0 Å². The van der Waals surface area contributed by atoms with Crippen molar-refractivity contribution >= 4 is 22.9 Å². The molecule has 1 N–H and O–H groups in total. The van der Waals surface area contributed by atoms with Gasteiger partial charge in [0, 0.05) is 31.1 Å². The summed E-state index contributed by atoms with van der Waals surface area (Å²) in [6.45, 7) is 4.06. The molecule has 1 aliphatic heterocycles. The van der Waals surface area contributed by atoms with Crippen molar-refractivity contribution in [1.82, 2.24) is 24.1 Å². The number of H-pyrrole nitrogens is 1. The van der Waals surface area contributed by atoms with Crippen molar-refractivity contribution in [2.24, 2.45) is 7.05 Å². The zero-order valence-electron chi connectivity index (χ0n) is 13.1. The van der Waals surface area contributed by atoms with Gasteiger partial charge in [-0.2, -0.15) is 5.10 Å². The van der Waals surface area contributed by atoms with Crippen LogP contribution in [0.3, 0.4) is 0 Å². The summed E-state index contributed by atoms with van der Waals surface area (Å²) in [5, 5.41) is 6.19. The molecule has 0 spiro atoms. The van der Waals surface area contributed by atoms with Crippen LogP contribution >= 0.6 is 11.9 Å². The van der Waals surface area contributed by atoms with Gasteiger partial charge in [0.2, 0.25) is 0 Å². The molecule has 1 fully saturated rings. The fraction of sp³-hybridized carbons (Fsp3) is 0.375. The highest BCUT2D eigenvalue weighted by Gasteiger charge is 2.19. The number of nitrogens with one attached hydrogen (secondary N) is 1. The highest BCUT2D eigenvalue weighted by Crippen LogP contribution is 2.36. The molecule has 1 aliphatic rings. The first-order valence-corrected chi connectivity index (χ1v) is 8.50. The van der Waals surface area contributed by atoms with E-state index in [-0.39, 0.29) is 5.82 Å². The molecule has 0 unspecified atom stereocenters. The van der Waals surface area contributed by atoms with E-state index in [0.717, 1.165) is 34.6 Å². The molecule has 1 saturated heterocycles. The molecule has 0 radical (unpaired) electrons. The highest BCUT2D eigenvalue weighted by molar-refractivity contribution is 7.97. The Balaban J connectivity index is 1.83. The predicted molar refractivity (Wildman–Crippen MR) is 89.7 cm³/mol. The minimum atomic E-state index is -0.231. The molecule has 4 rings (SSSR count).